The Morgan fingerprint density at radius 2 is 1.71 bits per heavy atom. The Labute approximate surface area is 139 Å². The van der Waals surface area contributed by atoms with Gasteiger partial charge in [0, 0.05) is 5.75 Å². The second-order valence-electron chi connectivity index (χ2n) is 4.89. The molecule has 1 heterocycles. The van der Waals surface area contributed by atoms with Crippen molar-refractivity contribution in [2.45, 2.75) is 17.1 Å². The molecule has 24 heavy (non-hydrogen) atoms. The molecule has 0 aliphatic heterocycles. The van der Waals surface area contributed by atoms with Crippen molar-refractivity contribution in [3.05, 3.63) is 65.5 Å². The quantitative estimate of drug-likeness (QED) is 0.535. The van der Waals surface area contributed by atoms with E-state index in [1.165, 1.54) is 18.2 Å². The number of nitrogens with one attached hydrogen (secondary N) is 1. The topological polar surface area (TPSA) is 41.6 Å². The summed E-state index contributed by atoms with van der Waals surface area (Å²) in [6, 6.07) is 11.4. The minimum atomic E-state index is -4.41. The van der Waals surface area contributed by atoms with Gasteiger partial charge in [-0.25, -0.2) is 9.37 Å². The molecule has 0 bridgehead atoms. The highest BCUT2D eigenvalue weighted by Gasteiger charge is 2.32. The van der Waals surface area contributed by atoms with E-state index in [0.717, 1.165) is 17.8 Å². The molecule has 3 nitrogen and oxygen atoms in total. The number of benzene rings is 2. The first-order valence-electron chi connectivity index (χ1n) is 6.90. The number of hydrogen-bond acceptors (Lipinski definition) is 3. The number of nitrogens with zero attached hydrogens (tertiary/aromatic N) is 2. The predicted molar refractivity (Wildman–Crippen MR) is 82.8 cm³/mol. The predicted octanol–water partition coefficient (Wildman–Crippen LogP) is 4.92. The molecular formula is C16H11F4N3S. The van der Waals surface area contributed by atoms with E-state index in [-0.39, 0.29) is 27.9 Å². The van der Waals surface area contributed by atoms with E-state index >= 15 is 0 Å². The molecular weight excluding hydrogens is 342 g/mol. The molecule has 0 fully saturated rings. The summed E-state index contributed by atoms with van der Waals surface area (Å²) in [6.45, 7) is 0. The Balaban J connectivity index is 1.77. The van der Waals surface area contributed by atoms with Gasteiger partial charge in [-0.15, -0.1) is 5.10 Å². The highest BCUT2D eigenvalue weighted by atomic mass is 32.2. The van der Waals surface area contributed by atoms with Crippen LogP contribution in [-0.2, 0) is 11.9 Å². The third-order valence-electron chi connectivity index (χ3n) is 3.27. The maximum atomic E-state index is 13.7. The number of H-pyrrole nitrogens is 1. The van der Waals surface area contributed by atoms with Gasteiger partial charge in [-0.1, -0.05) is 42.1 Å². The third-order valence-corrected chi connectivity index (χ3v) is 4.17. The lowest BCUT2D eigenvalue weighted by Crippen LogP contribution is -2.08. The van der Waals surface area contributed by atoms with E-state index in [9.17, 15) is 17.6 Å². The van der Waals surface area contributed by atoms with Crippen molar-refractivity contribution < 1.29 is 17.6 Å². The molecule has 0 aliphatic rings. The van der Waals surface area contributed by atoms with E-state index in [1.807, 2.05) is 0 Å². The van der Waals surface area contributed by atoms with Gasteiger partial charge < -0.3 is 0 Å². The average molecular weight is 353 g/mol. The maximum absolute atomic E-state index is 13.7. The normalized spacial score (nSPS) is 11.7. The van der Waals surface area contributed by atoms with Crippen molar-refractivity contribution in [2.24, 2.45) is 0 Å². The van der Waals surface area contributed by atoms with Crippen LogP contribution >= 0.6 is 11.8 Å². The molecule has 8 heteroatoms. The molecule has 1 N–H and O–H groups in total. The van der Waals surface area contributed by atoms with Crippen molar-refractivity contribution >= 4 is 11.8 Å². The standard InChI is InChI=1S/C16H11F4N3S/c17-13-8-4-2-6-11(13)14-21-15(23-22-14)24-9-10-5-1-3-7-12(10)16(18,19)20/h1-8H,9H2,(H,21,22,23). The molecule has 0 radical (unpaired) electrons. The molecule has 3 rings (SSSR count). The molecule has 3 aromatic rings. The van der Waals surface area contributed by atoms with Gasteiger partial charge in [0.15, 0.2) is 5.82 Å². The van der Waals surface area contributed by atoms with Crippen LogP contribution in [0.1, 0.15) is 11.1 Å². The van der Waals surface area contributed by atoms with Crippen LogP contribution < -0.4 is 0 Å². The molecule has 0 atom stereocenters. The zero-order chi connectivity index (χ0) is 17.2. The number of halogens is 4. The van der Waals surface area contributed by atoms with Crippen molar-refractivity contribution in [1.82, 2.24) is 15.2 Å². The number of rotatable bonds is 4. The SMILES string of the molecule is Fc1ccccc1-c1nc(SCc2ccccc2C(F)(F)F)n[nH]1. The molecule has 0 spiro atoms. The minimum absolute atomic E-state index is 0.0598. The molecule has 0 saturated carbocycles. The fourth-order valence-electron chi connectivity index (χ4n) is 2.15. The molecule has 124 valence electrons. The third kappa shape index (κ3) is 3.59. The van der Waals surface area contributed by atoms with E-state index < -0.39 is 17.6 Å². The zero-order valence-electron chi connectivity index (χ0n) is 12.1. The molecule has 0 saturated heterocycles. The van der Waals surface area contributed by atoms with Crippen LogP contribution in [0, 0.1) is 5.82 Å². The Bertz CT molecular complexity index is 845. The summed E-state index contributed by atoms with van der Waals surface area (Å²) < 4.78 is 52.6. The van der Waals surface area contributed by atoms with Gasteiger partial charge in [0.1, 0.15) is 5.82 Å². The van der Waals surface area contributed by atoms with Crippen LogP contribution in [0.15, 0.2) is 53.7 Å². The van der Waals surface area contributed by atoms with E-state index in [2.05, 4.69) is 15.2 Å². The Kier molecular flexibility index (Phi) is 4.57. The van der Waals surface area contributed by atoms with E-state index in [1.54, 1.807) is 24.3 Å². The van der Waals surface area contributed by atoms with Gasteiger partial charge in [-0.2, -0.15) is 13.2 Å². The summed E-state index contributed by atoms with van der Waals surface area (Å²) in [6.07, 6.45) is -4.41. The summed E-state index contributed by atoms with van der Waals surface area (Å²) in [5.41, 5.74) is -0.276. The molecule has 1 aromatic heterocycles. The monoisotopic (exact) mass is 353 g/mol. The van der Waals surface area contributed by atoms with Crippen LogP contribution in [-0.4, -0.2) is 15.2 Å². The number of aromatic amines is 1. The lowest BCUT2D eigenvalue weighted by molar-refractivity contribution is -0.138. The first-order valence-corrected chi connectivity index (χ1v) is 7.89. The molecule has 2 aromatic carbocycles. The Morgan fingerprint density at radius 3 is 2.46 bits per heavy atom. The molecule has 0 unspecified atom stereocenters. The van der Waals surface area contributed by atoms with Gasteiger partial charge in [0.05, 0.1) is 11.1 Å². The largest absolute Gasteiger partial charge is 0.416 e. The highest BCUT2D eigenvalue weighted by Crippen LogP contribution is 2.34. The number of alkyl halides is 3. The van der Waals surface area contributed by atoms with Gasteiger partial charge in [0.2, 0.25) is 5.16 Å². The Hall–Kier alpha value is -2.35. The van der Waals surface area contributed by atoms with Gasteiger partial charge >= 0.3 is 6.18 Å². The first kappa shape index (κ1) is 16.5. The summed E-state index contributed by atoms with van der Waals surface area (Å²) >= 11 is 1.05. The van der Waals surface area contributed by atoms with Crippen LogP contribution in [0.5, 0.6) is 0 Å². The Morgan fingerprint density at radius 1 is 1.00 bits per heavy atom. The van der Waals surface area contributed by atoms with Crippen molar-refractivity contribution in [3.63, 3.8) is 0 Å². The van der Waals surface area contributed by atoms with Crippen molar-refractivity contribution in [1.29, 1.82) is 0 Å². The lowest BCUT2D eigenvalue weighted by Gasteiger charge is -2.11. The summed E-state index contributed by atoms with van der Waals surface area (Å²) in [5, 5.41) is 6.77. The van der Waals surface area contributed by atoms with Crippen LogP contribution in [0.3, 0.4) is 0 Å². The highest BCUT2D eigenvalue weighted by molar-refractivity contribution is 7.98. The van der Waals surface area contributed by atoms with Crippen LogP contribution in [0.25, 0.3) is 11.4 Å². The minimum Gasteiger partial charge on any atom is -0.258 e. The van der Waals surface area contributed by atoms with Gasteiger partial charge in [-0.05, 0) is 23.8 Å². The summed E-state index contributed by atoms with van der Waals surface area (Å²) in [7, 11) is 0. The average Bonchev–Trinajstić information content (AvgIpc) is 3.01. The summed E-state index contributed by atoms with van der Waals surface area (Å²) in [4.78, 5) is 4.12. The first-order chi connectivity index (χ1) is 11.4. The second kappa shape index (κ2) is 6.64. The fraction of sp³-hybridized carbons (Fsp3) is 0.125. The smallest absolute Gasteiger partial charge is 0.258 e. The molecule has 0 amide bonds. The number of thioether (sulfide) groups is 1. The lowest BCUT2D eigenvalue weighted by atomic mass is 10.1. The second-order valence-corrected chi connectivity index (χ2v) is 5.83. The number of aromatic nitrogens is 3. The van der Waals surface area contributed by atoms with Crippen LogP contribution in [0.2, 0.25) is 0 Å². The molecule has 0 aliphatic carbocycles. The van der Waals surface area contributed by atoms with E-state index in [4.69, 9.17) is 0 Å². The van der Waals surface area contributed by atoms with Gasteiger partial charge in [-0.3, -0.25) is 5.10 Å². The van der Waals surface area contributed by atoms with Crippen molar-refractivity contribution in [3.8, 4) is 11.4 Å². The summed E-state index contributed by atoms with van der Waals surface area (Å²) in [5.74, 6) is -0.156. The van der Waals surface area contributed by atoms with Crippen molar-refractivity contribution in [2.75, 3.05) is 0 Å². The zero-order valence-corrected chi connectivity index (χ0v) is 13.0. The van der Waals surface area contributed by atoms with Gasteiger partial charge in [0.25, 0.3) is 0 Å². The van der Waals surface area contributed by atoms with Crippen LogP contribution in [0.4, 0.5) is 17.6 Å². The van der Waals surface area contributed by atoms with E-state index in [0.29, 0.717) is 0 Å². The number of hydrogen-bond donors (Lipinski definition) is 1. The fourth-order valence-corrected chi connectivity index (χ4v) is 2.95. The maximum Gasteiger partial charge on any atom is 0.416 e.